The molecule has 0 aliphatic heterocycles. The third-order valence-electron chi connectivity index (χ3n) is 9.08. The highest BCUT2D eigenvalue weighted by molar-refractivity contribution is 5.53. The van der Waals surface area contributed by atoms with Gasteiger partial charge in [0.15, 0.2) is 0 Å². The summed E-state index contributed by atoms with van der Waals surface area (Å²) in [4.78, 5) is 0. The molecular formula is C29H39F5O. The van der Waals surface area contributed by atoms with E-state index >= 15 is 0 Å². The van der Waals surface area contributed by atoms with E-state index in [0.717, 1.165) is 54.6 Å². The van der Waals surface area contributed by atoms with E-state index in [1.807, 2.05) is 0 Å². The summed E-state index contributed by atoms with van der Waals surface area (Å²) in [5.41, 5.74) is -0.706. The van der Waals surface area contributed by atoms with Crippen molar-refractivity contribution in [3.8, 4) is 5.75 Å². The second-order valence-electron chi connectivity index (χ2n) is 11.5. The molecule has 1 nitrogen and oxygen atoms in total. The smallest absolute Gasteiger partial charge is 0.409 e. The summed E-state index contributed by atoms with van der Waals surface area (Å²) in [6.45, 7) is 2.78. The Bertz CT molecular complexity index is 816. The highest BCUT2D eigenvalue weighted by Crippen LogP contribution is 2.46. The Labute approximate surface area is 206 Å². The average molecular weight is 499 g/mol. The summed E-state index contributed by atoms with van der Waals surface area (Å²) < 4.78 is 70.8. The van der Waals surface area contributed by atoms with Crippen LogP contribution < -0.4 is 4.74 Å². The Morgan fingerprint density at radius 1 is 0.743 bits per heavy atom. The van der Waals surface area contributed by atoms with Crippen molar-refractivity contribution in [2.45, 2.75) is 90.1 Å². The standard InChI is InChI=1S/C29H39F5O/c1-19-2-6-21(7-3-19)23-10-12-24(13-11-23)22-8-4-20(5-9-22)18-35-25-16-27(30)26(28(31)17-25)14-15-29(32,33)34/h14-17,19-24H,2-13,18H2,1H3/b15-14+. The molecule has 4 rings (SSSR count). The number of hydrogen-bond donors (Lipinski definition) is 0. The Hall–Kier alpha value is -1.59. The van der Waals surface area contributed by atoms with Crippen molar-refractivity contribution >= 4 is 6.08 Å². The van der Waals surface area contributed by atoms with Gasteiger partial charge in [-0.2, -0.15) is 13.2 Å². The maximum Gasteiger partial charge on any atom is 0.409 e. The molecule has 6 heteroatoms. The molecule has 3 aliphatic carbocycles. The first-order valence-electron chi connectivity index (χ1n) is 13.6. The van der Waals surface area contributed by atoms with E-state index in [1.54, 1.807) is 0 Å². The number of hydrogen-bond acceptors (Lipinski definition) is 1. The molecule has 0 heterocycles. The molecule has 0 atom stereocenters. The monoisotopic (exact) mass is 498 g/mol. The lowest BCUT2D eigenvalue weighted by Crippen LogP contribution is -2.30. The molecular weight excluding hydrogens is 459 g/mol. The molecule has 0 amide bonds. The normalized spacial score (nSPS) is 32.6. The van der Waals surface area contributed by atoms with Gasteiger partial charge in [-0.3, -0.25) is 0 Å². The van der Waals surface area contributed by atoms with Gasteiger partial charge in [0.2, 0.25) is 0 Å². The van der Waals surface area contributed by atoms with E-state index in [4.69, 9.17) is 4.74 Å². The fourth-order valence-electron chi connectivity index (χ4n) is 6.87. The summed E-state index contributed by atoms with van der Waals surface area (Å²) >= 11 is 0. The number of benzene rings is 1. The first-order chi connectivity index (χ1) is 16.7. The van der Waals surface area contributed by atoms with Crippen molar-refractivity contribution in [1.82, 2.24) is 0 Å². The van der Waals surface area contributed by atoms with Crippen molar-refractivity contribution < 1.29 is 26.7 Å². The molecule has 0 bridgehead atoms. The van der Waals surface area contributed by atoms with Crippen molar-refractivity contribution in [1.29, 1.82) is 0 Å². The Kier molecular flexibility index (Phi) is 8.80. The van der Waals surface area contributed by atoms with E-state index in [-0.39, 0.29) is 11.8 Å². The van der Waals surface area contributed by atoms with E-state index in [0.29, 0.717) is 18.6 Å². The van der Waals surface area contributed by atoms with Gasteiger partial charge < -0.3 is 4.74 Å². The summed E-state index contributed by atoms with van der Waals surface area (Å²) in [5, 5.41) is 0. The number of ether oxygens (including phenoxy) is 1. The predicted molar refractivity (Wildman–Crippen MR) is 129 cm³/mol. The fourth-order valence-corrected chi connectivity index (χ4v) is 6.87. The molecule has 0 N–H and O–H groups in total. The van der Waals surface area contributed by atoms with Crippen LogP contribution in [-0.4, -0.2) is 12.8 Å². The molecule has 3 fully saturated rings. The Balaban J connectivity index is 1.19. The Morgan fingerprint density at radius 3 is 1.63 bits per heavy atom. The fraction of sp³-hybridized carbons (Fsp3) is 0.724. The number of allylic oxidation sites excluding steroid dienone is 1. The van der Waals surface area contributed by atoms with Crippen LogP contribution in [0.5, 0.6) is 5.75 Å². The van der Waals surface area contributed by atoms with E-state index < -0.39 is 23.4 Å². The van der Waals surface area contributed by atoms with Gasteiger partial charge in [-0.1, -0.05) is 19.8 Å². The van der Waals surface area contributed by atoms with Crippen molar-refractivity contribution in [2.24, 2.45) is 35.5 Å². The van der Waals surface area contributed by atoms with Crippen LogP contribution in [0.1, 0.15) is 89.5 Å². The maximum atomic E-state index is 14.1. The summed E-state index contributed by atoms with van der Waals surface area (Å²) in [5.74, 6) is 2.72. The van der Waals surface area contributed by atoms with Gasteiger partial charge >= 0.3 is 6.18 Å². The maximum absolute atomic E-state index is 14.1. The molecule has 196 valence electrons. The number of rotatable bonds is 6. The second kappa shape index (κ2) is 11.6. The second-order valence-corrected chi connectivity index (χ2v) is 11.5. The predicted octanol–water partition coefficient (Wildman–Crippen LogP) is 9.36. The molecule has 0 saturated heterocycles. The zero-order valence-corrected chi connectivity index (χ0v) is 20.8. The number of halogens is 5. The summed E-state index contributed by atoms with van der Waals surface area (Å²) in [7, 11) is 0. The molecule has 0 aromatic heterocycles. The Morgan fingerprint density at radius 2 is 1.17 bits per heavy atom. The quantitative estimate of drug-likeness (QED) is 0.355. The zero-order chi connectivity index (χ0) is 25.0. The molecule has 35 heavy (non-hydrogen) atoms. The van der Waals surface area contributed by atoms with Crippen LogP contribution in [0.2, 0.25) is 0 Å². The van der Waals surface area contributed by atoms with Crippen LogP contribution in [0.25, 0.3) is 6.08 Å². The molecule has 3 saturated carbocycles. The topological polar surface area (TPSA) is 9.23 Å². The van der Waals surface area contributed by atoms with Gasteiger partial charge in [-0.05, 0) is 106 Å². The summed E-state index contributed by atoms with van der Waals surface area (Å²) in [6.07, 6.45) is 11.3. The van der Waals surface area contributed by atoms with Gasteiger partial charge in [0.25, 0.3) is 0 Å². The third-order valence-corrected chi connectivity index (χ3v) is 9.08. The van der Waals surface area contributed by atoms with Crippen LogP contribution in [-0.2, 0) is 0 Å². The molecule has 1 aromatic rings. The van der Waals surface area contributed by atoms with E-state index in [1.165, 1.54) is 64.2 Å². The SMILES string of the molecule is CC1CCC(C2CCC(C3CCC(COc4cc(F)c(/C=C/C(F)(F)F)c(F)c4)CC3)CC2)CC1. The molecule has 0 spiro atoms. The van der Waals surface area contributed by atoms with E-state index in [9.17, 15) is 22.0 Å². The first-order valence-corrected chi connectivity index (χ1v) is 13.6. The van der Waals surface area contributed by atoms with Crippen LogP contribution >= 0.6 is 0 Å². The molecule has 1 aromatic carbocycles. The lowest BCUT2D eigenvalue weighted by molar-refractivity contribution is -0.0790. The molecule has 0 unspecified atom stereocenters. The van der Waals surface area contributed by atoms with Crippen molar-refractivity contribution in [3.63, 3.8) is 0 Å². The average Bonchev–Trinajstić information content (AvgIpc) is 2.82. The third kappa shape index (κ3) is 7.45. The lowest BCUT2D eigenvalue weighted by atomic mass is 9.65. The molecule has 3 aliphatic rings. The van der Waals surface area contributed by atoms with E-state index in [2.05, 4.69) is 6.92 Å². The number of alkyl halides is 3. The zero-order valence-electron chi connectivity index (χ0n) is 20.8. The van der Waals surface area contributed by atoms with Crippen LogP contribution in [0, 0.1) is 47.1 Å². The largest absolute Gasteiger partial charge is 0.493 e. The van der Waals surface area contributed by atoms with Gasteiger partial charge in [0, 0.05) is 23.8 Å². The highest BCUT2D eigenvalue weighted by atomic mass is 19.4. The van der Waals surface area contributed by atoms with Gasteiger partial charge in [0.1, 0.15) is 17.4 Å². The van der Waals surface area contributed by atoms with Crippen molar-refractivity contribution in [3.05, 3.63) is 35.4 Å². The van der Waals surface area contributed by atoms with Crippen LogP contribution in [0.15, 0.2) is 18.2 Å². The highest BCUT2D eigenvalue weighted by Gasteiger charge is 2.34. The summed E-state index contributed by atoms with van der Waals surface area (Å²) in [6, 6.07) is 1.94. The van der Waals surface area contributed by atoms with Gasteiger partial charge in [-0.25, -0.2) is 8.78 Å². The minimum absolute atomic E-state index is 0.0294. The molecule has 0 radical (unpaired) electrons. The first kappa shape index (κ1) is 26.5. The van der Waals surface area contributed by atoms with Crippen LogP contribution in [0.4, 0.5) is 22.0 Å². The van der Waals surface area contributed by atoms with Crippen LogP contribution in [0.3, 0.4) is 0 Å². The van der Waals surface area contributed by atoms with Gasteiger partial charge in [-0.15, -0.1) is 0 Å². The lowest BCUT2D eigenvalue weighted by Gasteiger charge is -2.41. The van der Waals surface area contributed by atoms with Gasteiger partial charge in [0.05, 0.1) is 6.61 Å². The minimum Gasteiger partial charge on any atom is -0.493 e. The minimum atomic E-state index is -4.62. The van der Waals surface area contributed by atoms with Crippen molar-refractivity contribution in [2.75, 3.05) is 6.61 Å².